The summed E-state index contributed by atoms with van der Waals surface area (Å²) >= 11 is 6.19. The number of hydrogen-bond acceptors (Lipinski definition) is 3. The summed E-state index contributed by atoms with van der Waals surface area (Å²) in [6, 6.07) is 0. The number of hydrogen-bond donors (Lipinski definition) is 0. The fourth-order valence-electron chi connectivity index (χ4n) is 2.36. The standard InChI is InChI=1S/C13H19ClN2O2/c1-3-16-12(13(14)9(2)15-16)7-11(17)6-10-4-5-18-8-10/h10H,3-8H2,1-2H3. The highest BCUT2D eigenvalue weighted by Gasteiger charge is 2.21. The minimum absolute atomic E-state index is 0.224. The van der Waals surface area contributed by atoms with Gasteiger partial charge in [-0.25, -0.2) is 0 Å². The molecule has 0 aromatic carbocycles. The second kappa shape index (κ2) is 5.85. The zero-order chi connectivity index (χ0) is 13.1. The van der Waals surface area contributed by atoms with Crippen LogP contribution in [0, 0.1) is 12.8 Å². The van der Waals surface area contributed by atoms with Crippen molar-refractivity contribution in [2.24, 2.45) is 5.92 Å². The second-order valence-corrected chi connectivity index (χ2v) is 5.19. The van der Waals surface area contributed by atoms with Crippen molar-refractivity contribution in [2.75, 3.05) is 13.2 Å². The van der Waals surface area contributed by atoms with E-state index in [0.29, 0.717) is 30.4 Å². The molecule has 1 aromatic heterocycles. The van der Waals surface area contributed by atoms with Crippen molar-refractivity contribution in [2.45, 2.75) is 39.7 Å². The van der Waals surface area contributed by atoms with E-state index < -0.39 is 0 Å². The zero-order valence-corrected chi connectivity index (χ0v) is 11.7. The third-order valence-electron chi connectivity index (χ3n) is 3.36. The smallest absolute Gasteiger partial charge is 0.139 e. The van der Waals surface area contributed by atoms with Gasteiger partial charge in [0.2, 0.25) is 0 Å². The van der Waals surface area contributed by atoms with Crippen LogP contribution in [0.25, 0.3) is 0 Å². The molecule has 1 fully saturated rings. The number of aromatic nitrogens is 2. The van der Waals surface area contributed by atoms with E-state index in [1.807, 2.05) is 18.5 Å². The Hall–Kier alpha value is -0.870. The maximum Gasteiger partial charge on any atom is 0.139 e. The summed E-state index contributed by atoms with van der Waals surface area (Å²) in [6.45, 7) is 6.10. The van der Waals surface area contributed by atoms with Crippen LogP contribution in [0.3, 0.4) is 0 Å². The Bertz CT molecular complexity index is 436. The zero-order valence-electron chi connectivity index (χ0n) is 10.9. The van der Waals surface area contributed by atoms with Crippen LogP contribution in [-0.4, -0.2) is 28.8 Å². The molecule has 5 heteroatoms. The molecule has 1 atom stereocenters. The first-order chi connectivity index (χ1) is 8.61. The molecule has 2 heterocycles. The Kier molecular flexibility index (Phi) is 4.40. The summed E-state index contributed by atoms with van der Waals surface area (Å²) < 4.78 is 7.11. The van der Waals surface area contributed by atoms with Gasteiger partial charge >= 0.3 is 0 Å². The molecule has 100 valence electrons. The van der Waals surface area contributed by atoms with E-state index in [4.69, 9.17) is 16.3 Å². The Morgan fingerprint density at radius 1 is 1.61 bits per heavy atom. The minimum Gasteiger partial charge on any atom is -0.381 e. The second-order valence-electron chi connectivity index (χ2n) is 4.81. The Morgan fingerprint density at radius 2 is 2.39 bits per heavy atom. The Morgan fingerprint density at radius 3 is 3.00 bits per heavy atom. The van der Waals surface area contributed by atoms with Crippen molar-refractivity contribution < 1.29 is 9.53 Å². The minimum atomic E-state index is 0.224. The van der Waals surface area contributed by atoms with E-state index in [-0.39, 0.29) is 5.78 Å². The van der Waals surface area contributed by atoms with Crippen molar-refractivity contribution in [3.8, 4) is 0 Å². The highest BCUT2D eigenvalue weighted by molar-refractivity contribution is 6.32. The summed E-state index contributed by atoms with van der Waals surface area (Å²) in [4.78, 5) is 12.0. The summed E-state index contributed by atoms with van der Waals surface area (Å²) in [5, 5.41) is 4.95. The maximum absolute atomic E-state index is 12.0. The number of nitrogens with zero attached hydrogens (tertiary/aromatic N) is 2. The summed E-state index contributed by atoms with van der Waals surface area (Å²) in [7, 11) is 0. The largest absolute Gasteiger partial charge is 0.381 e. The molecule has 0 amide bonds. The lowest BCUT2D eigenvalue weighted by Gasteiger charge is -2.08. The van der Waals surface area contributed by atoms with Crippen molar-refractivity contribution in [3.05, 3.63) is 16.4 Å². The predicted molar refractivity (Wildman–Crippen MR) is 69.9 cm³/mol. The van der Waals surface area contributed by atoms with Gasteiger partial charge in [0.05, 0.1) is 16.4 Å². The number of rotatable bonds is 5. The van der Waals surface area contributed by atoms with Gasteiger partial charge in [-0.2, -0.15) is 5.10 Å². The average molecular weight is 271 g/mol. The number of carbonyl (C=O) groups excluding carboxylic acids is 1. The fourth-order valence-corrected chi connectivity index (χ4v) is 2.57. The van der Waals surface area contributed by atoms with Crippen LogP contribution >= 0.6 is 11.6 Å². The van der Waals surface area contributed by atoms with Crippen LogP contribution < -0.4 is 0 Å². The van der Waals surface area contributed by atoms with E-state index in [1.165, 1.54) is 0 Å². The topological polar surface area (TPSA) is 44.1 Å². The number of aryl methyl sites for hydroxylation is 2. The van der Waals surface area contributed by atoms with Crippen LogP contribution in [0.1, 0.15) is 31.2 Å². The number of halogens is 1. The first kappa shape index (κ1) is 13.6. The molecule has 18 heavy (non-hydrogen) atoms. The normalized spacial score (nSPS) is 19.4. The third-order valence-corrected chi connectivity index (χ3v) is 3.85. The van der Waals surface area contributed by atoms with E-state index in [9.17, 15) is 4.79 Å². The highest BCUT2D eigenvalue weighted by atomic mass is 35.5. The van der Waals surface area contributed by atoms with E-state index in [0.717, 1.165) is 31.0 Å². The molecule has 0 N–H and O–H groups in total. The lowest BCUT2D eigenvalue weighted by molar-refractivity contribution is -0.119. The molecule has 1 unspecified atom stereocenters. The van der Waals surface area contributed by atoms with Gasteiger partial charge in [0.15, 0.2) is 0 Å². The summed E-state index contributed by atoms with van der Waals surface area (Å²) in [5.41, 5.74) is 1.64. The van der Waals surface area contributed by atoms with Gasteiger partial charge in [-0.3, -0.25) is 9.48 Å². The molecule has 4 nitrogen and oxygen atoms in total. The molecule has 0 saturated carbocycles. The quantitative estimate of drug-likeness (QED) is 0.825. The van der Waals surface area contributed by atoms with Crippen LogP contribution in [-0.2, 0) is 22.5 Å². The van der Waals surface area contributed by atoms with Gasteiger partial charge in [0.25, 0.3) is 0 Å². The molecule has 2 rings (SSSR count). The van der Waals surface area contributed by atoms with Crippen molar-refractivity contribution in [3.63, 3.8) is 0 Å². The molecule has 0 aliphatic carbocycles. The van der Waals surface area contributed by atoms with Gasteiger partial charge < -0.3 is 4.74 Å². The molecule has 1 aliphatic heterocycles. The van der Waals surface area contributed by atoms with E-state index in [1.54, 1.807) is 0 Å². The van der Waals surface area contributed by atoms with E-state index in [2.05, 4.69) is 5.10 Å². The fraction of sp³-hybridized carbons (Fsp3) is 0.692. The lowest BCUT2D eigenvalue weighted by Crippen LogP contribution is -2.14. The molecular weight excluding hydrogens is 252 g/mol. The molecule has 0 spiro atoms. The molecular formula is C13H19ClN2O2. The van der Waals surface area contributed by atoms with Gasteiger partial charge in [0.1, 0.15) is 5.78 Å². The maximum atomic E-state index is 12.0. The predicted octanol–water partition coefficient (Wildman–Crippen LogP) is 2.40. The molecule has 0 radical (unpaired) electrons. The van der Waals surface area contributed by atoms with Crippen LogP contribution in [0.4, 0.5) is 0 Å². The molecule has 0 bridgehead atoms. The third kappa shape index (κ3) is 2.93. The van der Waals surface area contributed by atoms with Gasteiger partial charge in [-0.15, -0.1) is 0 Å². The summed E-state index contributed by atoms with van der Waals surface area (Å²) in [6.07, 6.45) is 1.96. The monoisotopic (exact) mass is 270 g/mol. The summed E-state index contributed by atoms with van der Waals surface area (Å²) in [5.74, 6) is 0.609. The number of ketones is 1. The van der Waals surface area contributed by atoms with Crippen molar-refractivity contribution in [1.29, 1.82) is 0 Å². The van der Waals surface area contributed by atoms with Crippen LogP contribution in [0.2, 0.25) is 5.02 Å². The van der Waals surface area contributed by atoms with Crippen molar-refractivity contribution in [1.82, 2.24) is 9.78 Å². The van der Waals surface area contributed by atoms with Crippen LogP contribution in [0.5, 0.6) is 0 Å². The highest BCUT2D eigenvalue weighted by Crippen LogP contribution is 2.23. The first-order valence-corrected chi connectivity index (χ1v) is 6.80. The Labute approximate surface area is 112 Å². The Balaban J connectivity index is 2.01. The molecule has 1 aliphatic rings. The first-order valence-electron chi connectivity index (χ1n) is 6.43. The molecule has 1 aromatic rings. The van der Waals surface area contributed by atoms with Gasteiger partial charge in [0, 0.05) is 32.6 Å². The van der Waals surface area contributed by atoms with E-state index >= 15 is 0 Å². The van der Waals surface area contributed by atoms with Crippen LogP contribution in [0.15, 0.2) is 0 Å². The number of ether oxygens (including phenoxy) is 1. The average Bonchev–Trinajstić information content (AvgIpc) is 2.92. The number of Topliss-reactive ketones (excluding diaryl/α,β-unsaturated/α-hetero) is 1. The lowest BCUT2D eigenvalue weighted by atomic mass is 9.99. The van der Waals surface area contributed by atoms with Gasteiger partial charge in [-0.1, -0.05) is 11.6 Å². The SMILES string of the molecule is CCn1nc(C)c(Cl)c1CC(=O)CC1CCOC1. The number of carbonyl (C=O) groups is 1. The molecule has 1 saturated heterocycles. The van der Waals surface area contributed by atoms with Gasteiger partial charge in [-0.05, 0) is 26.2 Å². The van der Waals surface area contributed by atoms with Crippen molar-refractivity contribution >= 4 is 17.4 Å².